The molecule has 7 N–H and O–H groups in total. The Hall–Kier alpha value is -2.74. The molecule has 7 bridgehead atoms. The van der Waals surface area contributed by atoms with Gasteiger partial charge in [-0.2, -0.15) is 0 Å². The Morgan fingerprint density at radius 3 is 2.48 bits per heavy atom. The van der Waals surface area contributed by atoms with Gasteiger partial charge in [0.25, 0.3) is 0 Å². The van der Waals surface area contributed by atoms with Crippen LogP contribution in [0.4, 0.5) is 0 Å². The van der Waals surface area contributed by atoms with Crippen LogP contribution < -0.4 is 5.32 Å². The Kier molecular flexibility index (Phi) is 11.0. The topological polar surface area (TPSA) is 198 Å². The van der Waals surface area contributed by atoms with Gasteiger partial charge in [-0.25, -0.2) is 0 Å². The first-order valence-electron chi connectivity index (χ1n) is 22.8. The van der Waals surface area contributed by atoms with Crippen LogP contribution in [0.3, 0.4) is 0 Å². The number of allylic oxidation sites excluding steroid dienone is 1. The lowest BCUT2D eigenvalue weighted by molar-refractivity contribution is -0.345. The Balaban J connectivity index is 1.14. The summed E-state index contributed by atoms with van der Waals surface area (Å²) in [5.74, 6) is 0.538. The maximum atomic E-state index is 14.6. The molecule has 0 aromatic heterocycles. The highest BCUT2D eigenvalue weighted by Crippen LogP contribution is 2.73. The van der Waals surface area contributed by atoms with Crippen molar-refractivity contribution in [2.45, 2.75) is 145 Å². The third-order valence-electron chi connectivity index (χ3n) is 17.8. The first-order valence-corrected chi connectivity index (χ1v) is 22.8. The lowest BCUT2D eigenvalue weighted by atomic mass is 9.39. The van der Waals surface area contributed by atoms with Crippen molar-refractivity contribution < 1.29 is 54.4 Å². The molecule has 0 unspecified atom stereocenters. The van der Waals surface area contributed by atoms with Crippen LogP contribution in [0, 0.1) is 57.7 Å². The number of benzene rings is 1. The van der Waals surface area contributed by atoms with Crippen molar-refractivity contribution in [2.75, 3.05) is 33.5 Å². The van der Waals surface area contributed by atoms with E-state index in [1.165, 1.54) is 6.92 Å². The quantitative estimate of drug-likeness (QED) is 0.0830. The summed E-state index contributed by atoms with van der Waals surface area (Å²) in [5, 5.41) is 77.2. The molecule has 10 rings (SSSR count). The van der Waals surface area contributed by atoms with Crippen LogP contribution in [0.15, 0.2) is 42.0 Å². The van der Waals surface area contributed by atoms with Gasteiger partial charge in [-0.05, 0) is 99.7 Å². The third-order valence-corrected chi connectivity index (χ3v) is 17.8. The standard InChI is InChI=1S/C48H66N2O11/c1-43-18-15-30(60-23-9-22-59-4)24-33(43)34(52)25-36-46(43)17-8-12-29-26-50(29)42(54)38-31(14-13-28-10-6-5-7-11-28)37-32(27-51)40(61-39(37)41(53)49-38)48(57,58)45(3,55)35-16-19-47(36,56)44(35,2)20-21-46/h5-7,10-11,25,29-33,35,37-41,49,51,53,55-58H,9,12-16,18-24,26-27H2,1-4H3/t29-,30+,31+,32-,33+,35+,37-,38+,39+,40+,41+,43+,44-,45+,46+,47-,50?/m1/s1. The zero-order valence-corrected chi connectivity index (χ0v) is 36.1. The SMILES string of the molecule is COCCCO[C@H]1CC[C@@]2(C)[C@@H](C1)C(=O)C=C1[C@]3(O)CC[C@@H]4[C@](C)(O)C(O)(O)[C@H]5O[C@H]6[C@@H]([C@H]5CO)[C@H](CCc5ccccc5)[C@H](N[C@H]6O)C(=O)N5C[C@H]5CC#C[C@]12CC[C@]43C. The number of hydrogen-bond donors (Lipinski definition) is 7. The van der Waals surface area contributed by atoms with Gasteiger partial charge < -0.3 is 49.7 Å². The van der Waals surface area contributed by atoms with Gasteiger partial charge in [0.2, 0.25) is 11.7 Å². The van der Waals surface area contributed by atoms with E-state index in [1.54, 1.807) is 18.1 Å². The second kappa shape index (κ2) is 15.5. The fraction of sp³-hybridized carbons (Fsp3) is 0.750. The van der Waals surface area contributed by atoms with Gasteiger partial charge in [-0.15, -0.1) is 5.92 Å². The van der Waals surface area contributed by atoms with Gasteiger partial charge in [0.05, 0.1) is 29.2 Å². The summed E-state index contributed by atoms with van der Waals surface area (Å²) in [6, 6.07) is 8.82. The lowest BCUT2D eigenvalue weighted by Crippen LogP contribution is -2.69. The number of ether oxygens (including phenoxy) is 3. The normalized spacial score (nSPS) is 47.1. The van der Waals surface area contributed by atoms with Gasteiger partial charge >= 0.3 is 0 Å². The predicted octanol–water partition coefficient (Wildman–Crippen LogP) is 2.23. The molecular weight excluding hydrogens is 781 g/mol. The highest BCUT2D eigenvalue weighted by atomic mass is 16.6. The number of carbonyl (C=O) groups excluding carboxylic acids is 2. The second-order valence-corrected chi connectivity index (χ2v) is 20.6. The molecule has 1 aromatic rings. The molecule has 1 amide bonds. The highest BCUT2D eigenvalue weighted by Gasteiger charge is 2.76. The van der Waals surface area contributed by atoms with Crippen LogP contribution >= 0.6 is 0 Å². The number of nitrogens with one attached hydrogen (secondary N) is 1. The van der Waals surface area contributed by atoms with Crippen molar-refractivity contribution >= 4 is 11.7 Å². The van der Waals surface area contributed by atoms with Crippen LogP contribution in [-0.4, -0.2) is 134 Å². The number of amides is 1. The Bertz CT molecular complexity index is 1960. The molecule has 334 valence electrons. The minimum Gasteiger partial charge on any atom is -0.396 e. The minimum atomic E-state index is -2.99. The van der Waals surface area contributed by atoms with Gasteiger partial charge in [-0.3, -0.25) is 14.9 Å². The molecule has 13 heteroatoms. The van der Waals surface area contributed by atoms with Crippen molar-refractivity contribution in [2.24, 2.45) is 45.8 Å². The van der Waals surface area contributed by atoms with E-state index in [9.17, 15) is 40.2 Å². The number of ketones is 1. The van der Waals surface area contributed by atoms with Gasteiger partial charge in [0, 0.05) is 69.0 Å². The molecule has 4 aliphatic carbocycles. The van der Waals surface area contributed by atoms with Crippen molar-refractivity contribution in [3.05, 3.63) is 47.5 Å². The van der Waals surface area contributed by atoms with E-state index < -0.39 is 93.9 Å². The smallest absolute Gasteiger partial charge is 0.240 e. The molecular formula is C48H66N2O11. The first-order chi connectivity index (χ1) is 29.0. The molecule has 3 saturated carbocycles. The fourth-order valence-corrected chi connectivity index (χ4v) is 14.2. The average Bonchev–Trinajstić information content (AvgIpc) is 3.79. The zero-order chi connectivity index (χ0) is 43.3. The van der Waals surface area contributed by atoms with Crippen LogP contribution in [0.25, 0.3) is 0 Å². The number of aliphatic hydroxyl groups is 6. The molecule has 5 heterocycles. The number of hydrogen-bond acceptors (Lipinski definition) is 12. The molecule has 16 atom stereocenters. The summed E-state index contributed by atoms with van der Waals surface area (Å²) in [7, 11) is 1.66. The minimum absolute atomic E-state index is 0.0766. The first kappa shape index (κ1) is 43.5. The number of piperidine rings is 1. The number of methoxy groups -OCH3 is 1. The molecule has 5 aliphatic heterocycles. The molecule has 1 aromatic carbocycles. The number of fused-ring (bicyclic) bond motifs is 4. The number of aliphatic hydroxyl groups excluding tert-OH is 2. The Morgan fingerprint density at radius 1 is 0.967 bits per heavy atom. The molecule has 0 radical (unpaired) electrons. The van der Waals surface area contributed by atoms with Gasteiger partial charge in [-0.1, -0.05) is 50.1 Å². The highest BCUT2D eigenvalue weighted by molar-refractivity contribution is 5.96. The maximum absolute atomic E-state index is 14.6. The van der Waals surface area contributed by atoms with Gasteiger partial charge in [0.1, 0.15) is 24.0 Å². The third kappa shape index (κ3) is 6.40. The van der Waals surface area contributed by atoms with E-state index in [4.69, 9.17) is 14.2 Å². The number of rotatable bonds is 9. The largest absolute Gasteiger partial charge is 0.396 e. The van der Waals surface area contributed by atoms with Crippen LogP contribution in [0.2, 0.25) is 0 Å². The van der Waals surface area contributed by atoms with Crippen molar-refractivity contribution in [1.29, 1.82) is 0 Å². The molecule has 61 heavy (non-hydrogen) atoms. The summed E-state index contributed by atoms with van der Waals surface area (Å²) in [6.45, 7) is 6.45. The van der Waals surface area contributed by atoms with E-state index in [0.717, 1.165) is 18.4 Å². The van der Waals surface area contributed by atoms with E-state index in [-0.39, 0.29) is 36.7 Å². The summed E-state index contributed by atoms with van der Waals surface area (Å²) in [6.07, 6.45) is 2.90. The Labute approximate surface area is 359 Å². The lowest BCUT2D eigenvalue weighted by Gasteiger charge is -2.64. The molecule has 6 fully saturated rings. The van der Waals surface area contributed by atoms with Crippen molar-refractivity contribution in [3.8, 4) is 11.8 Å². The summed E-state index contributed by atoms with van der Waals surface area (Å²) >= 11 is 0. The van der Waals surface area contributed by atoms with E-state index in [0.29, 0.717) is 70.3 Å². The predicted molar refractivity (Wildman–Crippen MR) is 222 cm³/mol. The number of carbonyl (C=O) groups is 2. The second-order valence-electron chi connectivity index (χ2n) is 20.6. The fourth-order valence-electron chi connectivity index (χ4n) is 14.2. The van der Waals surface area contributed by atoms with E-state index in [1.807, 2.05) is 37.3 Å². The number of aryl methyl sites for hydroxylation is 1. The van der Waals surface area contributed by atoms with Crippen LogP contribution in [-0.2, 0) is 30.2 Å². The average molecular weight is 847 g/mol. The summed E-state index contributed by atoms with van der Waals surface area (Å²) < 4.78 is 17.9. The van der Waals surface area contributed by atoms with E-state index >= 15 is 0 Å². The molecule has 1 spiro atoms. The van der Waals surface area contributed by atoms with Crippen LogP contribution in [0.1, 0.15) is 90.5 Å². The number of nitrogens with zero attached hydrogens (tertiary/aromatic N) is 1. The zero-order valence-electron chi connectivity index (χ0n) is 36.1. The molecule has 9 aliphatic rings. The summed E-state index contributed by atoms with van der Waals surface area (Å²) in [5.41, 5.74) is -5.06. The Morgan fingerprint density at radius 2 is 1.74 bits per heavy atom. The molecule has 13 nitrogen and oxygen atoms in total. The van der Waals surface area contributed by atoms with Gasteiger partial charge in [0.15, 0.2) is 5.78 Å². The van der Waals surface area contributed by atoms with Crippen molar-refractivity contribution in [1.82, 2.24) is 10.2 Å². The summed E-state index contributed by atoms with van der Waals surface area (Å²) in [4.78, 5) is 30.9. The van der Waals surface area contributed by atoms with Crippen LogP contribution in [0.5, 0.6) is 0 Å². The van der Waals surface area contributed by atoms with E-state index in [2.05, 4.69) is 24.1 Å². The monoisotopic (exact) mass is 846 g/mol. The van der Waals surface area contributed by atoms with Crippen molar-refractivity contribution in [3.63, 3.8) is 0 Å². The molecule has 3 saturated heterocycles. The maximum Gasteiger partial charge on any atom is 0.240 e.